The second kappa shape index (κ2) is 5.86. The molecule has 3 aliphatic heterocycles. The minimum atomic E-state index is -0.318. The molecule has 2 unspecified atom stereocenters. The Bertz CT molecular complexity index is 919. The lowest BCUT2D eigenvalue weighted by molar-refractivity contribution is -0.0405. The predicted octanol–water partition coefficient (Wildman–Crippen LogP) is 2.37. The molecule has 1 amide bonds. The minimum Gasteiger partial charge on any atom is -0.334 e. The first-order valence-corrected chi connectivity index (χ1v) is 9.87. The first kappa shape index (κ1) is 16.4. The standard InChI is InChI=1S/C19H23ClN4O2/c1-2-23-15-4-3-14(20)7-16(15)24(19(23)26)18(25)21-17-12-5-11-6-13(17)10-22(8-11)9-12/h3-4,7,11-13,17H,2,5-6,8-10H2,1H3,(H,21,25). The van der Waals surface area contributed by atoms with Gasteiger partial charge >= 0.3 is 11.7 Å². The van der Waals surface area contributed by atoms with Crippen LogP contribution in [0.25, 0.3) is 11.0 Å². The summed E-state index contributed by atoms with van der Waals surface area (Å²) in [4.78, 5) is 28.5. The normalized spacial score (nSPS) is 32.3. The van der Waals surface area contributed by atoms with Gasteiger partial charge in [-0.05, 0) is 55.7 Å². The number of nitrogens with zero attached hydrogens (tertiary/aromatic N) is 3. The Hall–Kier alpha value is -1.79. The summed E-state index contributed by atoms with van der Waals surface area (Å²) in [7, 11) is 0. The molecule has 1 aliphatic carbocycles. The van der Waals surface area contributed by atoms with Crippen molar-refractivity contribution >= 4 is 28.7 Å². The number of benzene rings is 1. The van der Waals surface area contributed by atoms with E-state index in [9.17, 15) is 9.59 Å². The second-order valence-electron chi connectivity index (χ2n) is 8.05. The molecule has 6 nitrogen and oxygen atoms in total. The van der Waals surface area contributed by atoms with E-state index >= 15 is 0 Å². The third-order valence-corrected chi connectivity index (χ3v) is 6.73. The molecule has 1 N–H and O–H groups in total. The summed E-state index contributed by atoms with van der Waals surface area (Å²) in [5, 5.41) is 3.73. The van der Waals surface area contributed by atoms with Crippen molar-refractivity contribution in [1.29, 1.82) is 0 Å². The summed E-state index contributed by atoms with van der Waals surface area (Å²) in [5.41, 5.74) is 1.03. The molecule has 1 aromatic carbocycles. The zero-order valence-corrected chi connectivity index (χ0v) is 15.6. The molecule has 4 aliphatic rings. The SMILES string of the molecule is CCn1c(=O)n(C(=O)NC2C3CC4CC2CN(C4)C3)c2cc(Cl)ccc21. The lowest BCUT2D eigenvalue weighted by Crippen LogP contribution is -2.65. The van der Waals surface area contributed by atoms with Gasteiger partial charge in [-0.1, -0.05) is 11.6 Å². The largest absolute Gasteiger partial charge is 0.337 e. The number of carbonyl (C=O) groups excluding carboxylic acids is 1. The van der Waals surface area contributed by atoms with Gasteiger partial charge in [0.05, 0.1) is 11.0 Å². The summed E-state index contributed by atoms with van der Waals surface area (Å²) in [6.07, 6.45) is 2.38. The summed E-state index contributed by atoms with van der Waals surface area (Å²) >= 11 is 6.13. The van der Waals surface area contributed by atoms with E-state index in [1.165, 1.54) is 24.0 Å². The average Bonchev–Trinajstić information content (AvgIpc) is 2.87. The molecule has 4 heterocycles. The number of fused-ring (bicyclic) bond motifs is 1. The topological polar surface area (TPSA) is 59.3 Å². The number of amides is 1. The van der Waals surface area contributed by atoms with Gasteiger partial charge in [0.1, 0.15) is 0 Å². The Labute approximate surface area is 156 Å². The molecule has 26 heavy (non-hydrogen) atoms. The maximum absolute atomic E-state index is 13.1. The third kappa shape index (κ3) is 2.35. The van der Waals surface area contributed by atoms with E-state index < -0.39 is 0 Å². The number of hydrogen-bond donors (Lipinski definition) is 1. The highest BCUT2D eigenvalue weighted by molar-refractivity contribution is 6.31. The van der Waals surface area contributed by atoms with Crippen LogP contribution in [0.4, 0.5) is 4.79 Å². The zero-order valence-electron chi connectivity index (χ0n) is 14.8. The van der Waals surface area contributed by atoms with Crippen molar-refractivity contribution in [3.8, 4) is 0 Å². The Balaban J connectivity index is 1.50. The molecular formula is C19H23ClN4O2. The van der Waals surface area contributed by atoms with E-state index in [0.717, 1.165) is 24.5 Å². The molecule has 0 radical (unpaired) electrons. The van der Waals surface area contributed by atoms with Gasteiger partial charge < -0.3 is 10.2 Å². The zero-order chi connectivity index (χ0) is 18.0. The summed E-state index contributed by atoms with van der Waals surface area (Å²) in [6, 6.07) is 5.11. The fraction of sp³-hybridized carbons (Fsp3) is 0.579. The van der Waals surface area contributed by atoms with Gasteiger partial charge in [0.2, 0.25) is 0 Å². The van der Waals surface area contributed by atoms with Gasteiger partial charge in [-0.15, -0.1) is 0 Å². The van der Waals surface area contributed by atoms with Crippen LogP contribution in [0.15, 0.2) is 23.0 Å². The highest BCUT2D eigenvalue weighted by atomic mass is 35.5. The van der Waals surface area contributed by atoms with Crippen LogP contribution in [0.1, 0.15) is 19.8 Å². The number of halogens is 1. The molecule has 3 saturated heterocycles. The smallest absolute Gasteiger partial charge is 0.334 e. The lowest BCUT2D eigenvalue weighted by atomic mass is 9.65. The minimum absolute atomic E-state index is 0.168. The summed E-state index contributed by atoms with van der Waals surface area (Å²) in [5.74, 6) is 1.79. The molecule has 4 bridgehead atoms. The summed E-state index contributed by atoms with van der Waals surface area (Å²) < 4.78 is 2.88. The number of hydrogen-bond acceptors (Lipinski definition) is 3. The first-order chi connectivity index (χ1) is 12.5. The highest BCUT2D eigenvalue weighted by Gasteiger charge is 2.48. The molecule has 7 heteroatoms. The van der Waals surface area contributed by atoms with Crippen molar-refractivity contribution in [3.05, 3.63) is 33.7 Å². The quantitative estimate of drug-likeness (QED) is 0.878. The monoisotopic (exact) mass is 374 g/mol. The van der Waals surface area contributed by atoms with Crippen molar-refractivity contribution in [2.75, 3.05) is 19.6 Å². The van der Waals surface area contributed by atoms with E-state index in [4.69, 9.17) is 11.6 Å². The van der Waals surface area contributed by atoms with E-state index in [0.29, 0.717) is 28.9 Å². The molecule has 0 spiro atoms. The first-order valence-electron chi connectivity index (χ1n) is 9.49. The Morgan fingerprint density at radius 1 is 1.19 bits per heavy atom. The number of imidazole rings is 1. The van der Waals surface area contributed by atoms with Crippen LogP contribution in [0.5, 0.6) is 0 Å². The number of aromatic nitrogens is 2. The van der Waals surface area contributed by atoms with Crippen molar-refractivity contribution in [1.82, 2.24) is 19.4 Å². The van der Waals surface area contributed by atoms with Crippen molar-refractivity contribution in [2.24, 2.45) is 17.8 Å². The van der Waals surface area contributed by atoms with Crippen molar-refractivity contribution in [2.45, 2.75) is 32.4 Å². The van der Waals surface area contributed by atoms with Gasteiger partial charge in [-0.3, -0.25) is 4.57 Å². The predicted molar refractivity (Wildman–Crippen MR) is 101 cm³/mol. The second-order valence-corrected chi connectivity index (χ2v) is 8.48. The number of aryl methyl sites for hydroxylation is 1. The van der Waals surface area contributed by atoms with Crippen LogP contribution in [-0.2, 0) is 6.54 Å². The van der Waals surface area contributed by atoms with E-state index in [-0.39, 0.29) is 17.8 Å². The molecule has 2 atom stereocenters. The number of rotatable bonds is 2. The number of nitrogens with one attached hydrogen (secondary N) is 1. The van der Waals surface area contributed by atoms with Crippen molar-refractivity contribution in [3.63, 3.8) is 0 Å². The van der Waals surface area contributed by atoms with Gasteiger partial charge in [0.25, 0.3) is 0 Å². The van der Waals surface area contributed by atoms with E-state index in [2.05, 4.69) is 10.2 Å². The summed E-state index contributed by atoms with van der Waals surface area (Å²) in [6.45, 7) is 5.77. The van der Waals surface area contributed by atoms with Crippen LogP contribution in [0.3, 0.4) is 0 Å². The van der Waals surface area contributed by atoms with Crippen LogP contribution in [-0.4, -0.2) is 45.7 Å². The fourth-order valence-corrected chi connectivity index (χ4v) is 5.75. The lowest BCUT2D eigenvalue weighted by Gasteiger charge is -2.55. The average molecular weight is 375 g/mol. The third-order valence-electron chi connectivity index (χ3n) is 6.49. The Morgan fingerprint density at radius 3 is 2.58 bits per heavy atom. The van der Waals surface area contributed by atoms with Gasteiger partial charge in [-0.2, -0.15) is 0 Å². The van der Waals surface area contributed by atoms with Gasteiger partial charge in [0, 0.05) is 37.2 Å². The number of carbonyl (C=O) groups is 1. The van der Waals surface area contributed by atoms with Gasteiger partial charge in [-0.25, -0.2) is 14.2 Å². The van der Waals surface area contributed by atoms with E-state index in [1.54, 1.807) is 16.7 Å². The molecule has 2 aromatic rings. The fourth-order valence-electron chi connectivity index (χ4n) is 5.58. The van der Waals surface area contributed by atoms with Crippen molar-refractivity contribution < 1.29 is 4.79 Å². The van der Waals surface area contributed by atoms with Crippen LogP contribution in [0, 0.1) is 17.8 Å². The molecule has 138 valence electrons. The Morgan fingerprint density at radius 2 is 1.92 bits per heavy atom. The van der Waals surface area contributed by atoms with Crippen LogP contribution < -0.4 is 11.0 Å². The molecular weight excluding hydrogens is 352 g/mol. The Kier molecular flexibility index (Phi) is 3.69. The number of piperidine rings is 3. The molecule has 4 fully saturated rings. The van der Waals surface area contributed by atoms with Crippen LogP contribution >= 0.6 is 11.6 Å². The maximum atomic E-state index is 13.1. The van der Waals surface area contributed by atoms with E-state index in [1.807, 2.05) is 13.0 Å². The molecule has 1 saturated carbocycles. The van der Waals surface area contributed by atoms with Gasteiger partial charge in [0.15, 0.2) is 0 Å². The molecule has 1 aromatic heterocycles. The molecule has 6 rings (SSSR count). The van der Waals surface area contributed by atoms with Crippen LogP contribution in [0.2, 0.25) is 5.02 Å². The maximum Gasteiger partial charge on any atom is 0.337 e. The highest BCUT2D eigenvalue weighted by Crippen LogP contribution is 2.43.